The SMILES string of the molecule is CC(C)(C)c1cc2cccc(-n3ccc(C(C)(C)c4ccn(-c5cccc6cc(C(C)(C)C)oc56)n4)n3)c2o1. The minimum Gasteiger partial charge on any atom is -0.458 e. The molecule has 0 saturated carbocycles. The van der Waals surface area contributed by atoms with E-state index in [1.807, 2.05) is 46.0 Å². The number of aromatic nitrogens is 4. The van der Waals surface area contributed by atoms with Crippen molar-refractivity contribution in [1.29, 1.82) is 0 Å². The van der Waals surface area contributed by atoms with E-state index in [2.05, 4.69) is 91.8 Å². The van der Waals surface area contributed by atoms with Crippen molar-refractivity contribution in [2.24, 2.45) is 0 Å². The van der Waals surface area contributed by atoms with Crippen LogP contribution in [0.15, 0.2) is 81.9 Å². The Kier molecular flexibility index (Phi) is 5.48. The molecule has 6 rings (SSSR count). The van der Waals surface area contributed by atoms with Crippen molar-refractivity contribution in [2.45, 2.75) is 71.6 Å². The molecule has 0 aliphatic rings. The van der Waals surface area contributed by atoms with Crippen LogP contribution in [0, 0.1) is 0 Å². The van der Waals surface area contributed by atoms with Gasteiger partial charge in [0.2, 0.25) is 0 Å². The highest BCUT2D eigenvalue weighted by molar-refractivity contribution is 5.86. The predicted molar refractivity (Wildman–Crippen MR) is 156 cm³/mol. The molecule has 0 spiro atoms. The summed E-state index contributed by atoms with van der Waals surface area (Å²) in [4.78, 5) is 0. The molecule has 200 valence electrons. The lowest BCUT2D eigenvalue weighted by atomic mass is 9.86. The van der Waals surface area contributed by atoms with Gasteiger partial charge in [-0.2, -0.15) is 10.2 Å². The van der Waals surface area contributed by atoms with Crippen molar-refractivity contribution in [3.63, 3.8) is 0 Å². The molecule has 0 bridgehead atoms. The van der Waals surface area contributed by atoms with Crippen molar-refractivity contribution in [1.82, 2.24) is 19.6 Å². The summed E-state index contributed by atoms with van der Waals surface area (Å²) in [6.45, 7) is 17.3. The molecule has 0 radical (unpaired) electrons. The molecule has 6 heteroatoms. The molecule has 0 atom stereocenters. The van der Waals surface area contributed by atoms with Crippen molar-refractivity contribution >= 4 is 21.9 Å². The maximum Gasteiger partial charge on any atom is 0.159 e. The first-order chi connectivity index (χ1) is 18.3. The van der Waals surface area contributed by atoms with Crippen LogP contribution in [-0.4, -0.2) is 19.6 Å². The summed E-state index contributed by atoms with van der Waals surface area (Å²) in [5.74, 6) is 1.92. The fourth-order valence-electron chi connectivity index (χ4n) is 4.91. The van der Waals surface area contributed by atoms with Gasteiger partial charge >= 0.3 is 0 Å². The first-order valence-electron chi connectivity index (χ1n) is 13.5. The molecule has 2 aromatic carbocycles. The first-order valence-corrected chi connectivity index (χ1v) is 13.5. The Balaban J connectivity index is 1.35. The number of nitrogens with zero attached hydrogens (tertiary/aromatic N) is 4. The van der Waals surface area contributed by atoms with Crippen LogP contribution in [-0.2, 0) is 16.2 Å². The second kappa shape index (κ2) is 8.47. The number of benzene rings is 2. The molecule has 6 nitrogen and oxygen atoms in total. The molecule has 0 N–H and O–H groups in total. The van der Waals surface area contributed by atoms with Gasteiger partial charge < -0.3 is 8.83 Å². The van der Waals surface area contributed by atoms with Crippen LogP contribution in [0.1, 0.15) is 78.3 Å². The van der Waals surface area contributed by atoms with Crippen LogP contribution in [0.5, 0.6) is 0 Å². The smallest absolute Gasteiger partial charge is 0.159 e. The molecule has 4 aromatic heterocycles. The van der Waals surface area contributed by atoms with E-state index in [0.29, 0.717) is 0 Å². The van der Waals surface area contributed by atoms with E-state index in [0.717, 1.165) is 56.2 Å². The Morgan fingerprint density at radius 2 is 0.974 bits per heavy atom. The second-order valence-electron chi connectivity index (χ2n) is 13.0. The lowest BCUT2D eigenvalue weighted by Crippen LogP contribution is -2.21. The van der Waals surface area contributed by atoms with Gasteiger partial charge in [0, 0.05) is 34.0 Å². The van der Waals surface area contributed by atoms with E-state index in [4.69, 9.17) is 19.0 Å². The van der Waals surface area contributed by atoms with Gasteiger partial charge in [0.15, 0.2) is 11.2 Å². The lowest BCUT2D eigenvalue weighted by Gasteiger charge is -2.19. The minimum atomic E-state index is -0.419. The summed E-state index contributed by atoms with van der Waals surface area (Å²) >= 11 is 0. The van der Waals surface area contributed by atoms with Crippen molar-refractivity contribution in [2.75, 3.05) is 0 Å². The molecule has 4 heterocycles. The zero-order valence-corrected chi connectivity index (χ0v) is 24.0. The van der Waals surface area contributed by atoms with Crippen LogP contribution in [0.4, 0.5) is 0 Å². The summed E-state index contributed by atoms with van der Waals surface area (Å²) in [6.07, 6.45) is 4.00. The summed E-state index contributed by atoms with van der Waals surface area (Å²) < 4.78 is 16.5. The Hall–Kier alpha value is -4.06. The summed E-state index contributed by atoms with van der Waals surface area (Å²) in [6, 6.07) is 20.8. The minimum absolute atomic E-state index is 0.0688. The Morgan fingerprint density at radius 1 is 0.564 bits per heavy atom. The van der Waals surface area contributed by atoms with E-state index in [1.54, 1.807) is 0 Å². The third kappa shape index (κ3) is 4.28. The molecule has 0 fully saturated rings. The van der Waals surface area contributed by atoms with Gasteiger partial charge in [-0.3, -0.25) is 0 Å². The highest BCUT2D eigenvalue weighted by Crippen LogP contribution is 2.35. The van der Waals surface area contributed by atoms with Gasteiger partial charge in [-0.15, -0.1) is 0 Å². The summed E-state index contributed by atoms with van der Waals surface area (Å²) in [5, 5.41) is 12.2. The zero-order chi connectivity index (χ0) is 27.7. The topological polar surface area (TPSA) is 61.9 Å². The number of furan rings is 2. The molecule has 39 heavy (non-hydrogen) atoms. The molecule has 0 unspecified atom stereocenters. The normalized spacial score (nSPS) is 13.1. The van der Waals surface area contributed by atoms with Gasteiger partial charge in [-0.05, 0) is 50.2 Å². The molecule has 6 aromatic rings. The zero-order valence-electron chi connectivity index (χ0n) is 24.0. The van der Waals surface area contributed by atoms with Crippen LogP contribution < -0.4 is 0 Å². The maximum atomic E-state index is 6.32. The van der Waals surface area contributed by atoms with Gasteiger partial charge in [0.1, 0.15) is 22.9 Å². The van der Waals surface area contributed by atoms with Gasteiger partial charge in [0.05, 0.1) is 16.8 Å². The Bertz CT molecular complexity index is 1680. The average molecular weight is 521 g/mol. The van der Waals surface area contributed by atoms with E-state index in [9.17, 15) is 0 Å². The fourth-order valence-corrected chi connectivity index (χ4v) is 4.91. The number of hydrogen-bond acceptors (Lipinski definition) is 4. The van der Waals surface area contributed by atoms with Crippen LogP contribution in [0.25, 0.3) is 33.3 Å². The molecule has 0 aliphatic carbocycles. The van der Waals surface area contributed by atoms with Crippen LogP contribution >= 0.6 is 0 Å². The average Bonchev–Trinajstić information content (AvgIpc) is 3.66. The summed E-state index contributed by atoms with van der Waals surface area (Å²) in [5.41, 5.74) is 4.85. The number of hydrogen-bond donors (Lipinski definition) is 0. The van der Waals surface area contributed by atoms with Crippen LogP contribution in [0.3, 0.4) is 0 Å². The molecule has 0 saturated heterocycles. The standard InChI is InChI=1S/C33H36N4O2/c1-31(2,3)27-19-21-11-9-13-23(29(21)38-27)36-17-15-25(34-36)33(7,8)26-16-18-37(35-26)24-14-10-12-22-20-28(32(4,5)6)39-30(22)24/h9-20H,1-8H3. The fraction of sp³-hybridized carbons (Fsp3) is 0.333. The van der Waals surface area contributed by atoms with Gasteiger partial charge in [-0.25, -0.2) is 9.36 Å². The van der Waals surface area contributed by atoms with E-state index < -0.39 is 5.41 Å². The molecule has 0 amide bonds. The van der Waals surface area contributed by atoms with E-state index in [1.165, 1.54) is 0 Å². The highest BCUT2D eigenvalue weighted by atomic mass is 16.3. The third-order valence-electron chi connectivity index (χ3n) is 7.48. The van der Waals surface area contributed by atoms with Gasteiger partial charge in [0.25, 0.3) is 0 Å². The molecular formula is C33H36N4O2. The van der Waals surface area contributed by atoms with E-state index >= 15 is 0 Å². The number of rotatable bonds is 4. The lowest BCUT2D eigenvalue weighted by molar-refractivity contribution is 0.429. The number of fused-ring (bicyclic) bond motifs is 2. The quantitative estimate of drug-likeness (QED) is 0.234. The predicted octanol–water partition coefficient (Wildman–Crippen LogP) is 8.47. The Labute approximate surface area is 229 Å². The largest absolute Gasteiger partial charge is 0.458 e. The third-order valence-corrected chi connectivity index (χ3v) is 7.48. The van der Waals surface area contributed by atoms with Crippen molar-refractivity contribution in [3.8, 4) is 11.4 Å². The Morgan fingerprint density at radius 3 is 1.36 bits per heavy atom. The van der Waals surface area contributed by atoms with Crippen molar-refractivity contribution in [3.05, 3.63) is 96.0 Å². The second-order valence-corrected chi connectivity index (χ2v) is 13.0. The van der Waals surface area contributed by atoms with Gasteiger partial charge in [-0.1, -0.05) is 65.8 Å². The monoisotopic (exact) mass is 520 g/mol. The maximum absolute atomic E-state index is 6.32. The van der Waals surface area contributed by atoms with Crippen LogP contribution in [0.2, 0.25) is 0 Å². The summed E-state index contributed by atoms with van der Waals surface area (Å²) in [7, 11) is 0. The highest BCUT2D eigenvalue weighted by Gasteiger charge is 2.30. The van der Waals surface area contributed by atoms with Crippen molar-refractivity contribution < 1.29 is 8.83 Å². The van der Waals surface area contributed by atoms with E-state index in [-0.39, 0.29) is 10.8 Å². The molecular weight excluding hydrogens is 484 g/mol. The number of para-hydroxylation sites is 2. The first kappa shape index (κ1) is 25.2. The molecule has 0 aliphatic heterocycles.